The number of rotatable bonds is 3. The molecule has 2 aromatic rings. The van der Waals surface area contributed by atoms with Crippen LogP contribution >= 0.6 is 0 Å². The van der Waals surface area contributed by atoms with Crippen LogP contribution in [0.3, 0.4) is 0 Å². The lowest BCUT2D eigenvalue weighted by molar-refractivity contribution is 0.0276. The largest absolute Gasteiger partial charge is 0.488 e. The van der Waals surface area contributed by atoms with Crippen LogP contribution in [-0.2, 0) is 4.74 Å². The van der Waals surface area contributed by atoms with Crippen molar-refractivity contribution in [2.45, 2.75) is 52.7 Å². The van der Waals surface area contributed by atoms with Gasteiger partial charge in [-0.3, -0.25) is 0 Å². The van der Waals surface area contributed by atoms with Crippen molar-refractivity contribution in [1.29, 1.82) is 0 Å². The molecule has 1 fully saturated rings. The van der Waals surface area contributed by atoms with Gasteiger partial charge >= 0.3 is 6.09 Å². The molecule has 0 radical (unpaired) electrons. The highest BCUT2D eigenvalue weighted by atomic mass is 16.6. The maximum absolute atomic E-state index is 12.3. The summed E-state index contributed by atoms with van der Waals surface area (Å²) in [7, 11) is 0. The Morgan fingerprint density at radius 2 is 2.07 bits per heavy atom. The molecule has 0 spiro atoms. The second-order valence-electron chi connectivity index (χ2n) is 7.91. The molecule has 146 valence electrons. The average molecular weight is 373 g/mol. The predicted molar refractivity (Wildman–Crippen MR) is 103 cm³/mol. The normalized spacial score (nSPS) is 17.2. The van der Waals surface area contributed by atoms with Crippen molar-refractivity contribution in [3.8, 4) is 16.9 Å². The third-order valence-corrected chi connectivity index (χ3v) is 4.40. The van der Waals surface area contributed by atoms with Gasteiger partial charge in [0.05, 0.1) is 17.8 Å². The van der Waals surface area contributed by atoms with Crippen LogP contribution in [0, 0.1) is 13.8 Å². The van der Waals surface area contributed by atoms with E-state index in [1.807, 2.05) is 46.8 Å². The number of nitrogens with zero attached hydrogens (tertiary/aromatic N) is 2. The Bertz CT molecular complexity index is 819. The van der Waals surface area contributed by atoms with Gasteiger partial charge in [-0.2, -0.15) is 0 Å². The standard InChI is InChI=1S/C20H27N3O4/c1-12-18(13(2)27-22-12)16-10-14(21)6-7-17(16)25-15-8-9-23(11-15)19(24)26-20(3,4)5/h6-7,10,15H,8-9,11,21H2,1-5H3/t15-/m1/s1. The van der Waals surface area contributed by atoms with E-state index in [0.29, 0.717) is 30.3 Å². The minimum Gasteiger partial charge on any atom is -0.488 e. The number of benzene rings is 1. The fourth-order valence-electron chi connectivity index (χ4n) is 3.21. The molecule has 1 aromatic heterocycles. The number of anilines is 1. The minimum absolute atomic E-state index is 0.111. The van der Waals surface area contributed by atoms with Crippen LogP contribution in [0.4, 0.5) is 10.5 Å². The van der Waals surface area contributed by atoms with Crippen molar-refractivity contribution in [2.75, 3.05) is 18.8 Å². The summed E-state index contributed by atoms with van der Waals surface area (Å²) in [6.07, 6.45) is 0.321. The van der Waals surface area contributed by atoms with Crippen molar-refractivity contribution in [1.82, 2.24) is 10.1 Å². The number of aryl methyl sites for hydroxylation is 2. The second kappa shape index (κ2) is 7.13. The molecule has 1 atom stereocenters. The van der Waals surface area contributed by atoms with Gasteiger partial charge in [0.1, 0.15) is 23.2 Å². The summed E-state index contributed by atoms with van der Waals surface area (Å²) >= 11 is 0. The predicted octanol–water partition coefficient (Wildman–Crippen LogP) is 3.93. The molecular weight excluding hydrogens is 346 g/mol. The third-order valence-electron chi connectivity index (χ3n) is 4.40. The molecule has 7 heteroatoms. The highest BCUT2D eigenvalue weighted by Gasteiger charge is 2.31. The molecule has 1 aliphatic rings. The summed E-state index contributed by atoms with van der Waals surface area (Å²) in [5.74, 6) is 1.42. The van der Waals surface area contributed by atoms with Crippen molar-refractivity contribution < 1.29 is 18.8 Å². The lowest BCUT2D eigenvalue weighted by atomic mass is 10.0. The van der Waals surface area contributed by atoms with E-state index >= 15 is 0 Å². The molecule has 0 bridgehead atoms. The summed E-state index contributed by atoms with van der Waals surface area (Å²) < 4.78 is 17.0. The first-order chi connectivity index (χ1) is 12.6. The topological polar surface area (TPSA) is 90.8 Å². The van der Waals surface area contributed by atoms with Crippen LogP contribution in [-0.4, -0.2) is 40.9 Å². The Balaban J connectivity index is 1.77. The van der Waals surface area contributed by atoms with Gasteiger partial charge in [0.2, 0.25) is 0 Å². The van der Waals surface area contributed by atoms with Crippen LogP contribution in [0.15, 0.2) is 22.7 Å². The van der Waals surface area contributed by atoms with E-state index in [4.69, 9.17) is 19.7 Å². The van der Waals surface area contributed by atoms with Gasteiger partial charge in [-0.1, -0.05) is 5.16 Å². The zero-order valence-electron chi connectivity index (χ0n) is 16.5. The molecule has 1 amide bonds. The Morgan fingerprint density at radius 3 is 2.70 bits per heavy atom. The molecule has 1 saturated heterocycles. The van der Waals surface area contributed by atoms with E-state index < -0.39 is 5.60 Å². The number of amides is 1. The Morgan fingerprint density at radius 1 is 1.33 bits per heavy atom. The first-order valence-electron chi connectivity index (χ1n) is 9.11. The number of carbonyl (C=O) groups is 1. The number of hydrogen-bond donors (Lipinski definition) is 1. The Hall–Kier alpha value is -2.70. The summed E-state index contributed by atoms with van der Waals surface area (Å²) in [6.45, 7) is 10.4. The lowest BCUT2D eigenvalue weighted by Crippen LogP contribution is -2.36. The van der Waals surface area contributed by atoms with Crippen LogP contribution in [0.25, 0.3) is 11.1 Å². The zero-order chi connectivity index (χ0) is 19.8. The number of ether oxygens (including phenoxy) is 2. The Labute approximate surface area is 159 Å². The molecule has 2 heterocycles. The molecule has 0 aliphatic carbocycles. The third kappa shape index (κ3) is 4.35. The molecule has 3 rings (SSSR count). The van der Waals surface area contributed by atoms with Gasteiger partial charge in [0, 0.05) is 24.2 Å². The molecule has 2 N–H and O–H groups in total. The van der Waals surface area contributed by atoms with E-state index in [9.17, 15) is 4.79 Å². The van der Waals surface area contributed by atoms with Gasteiger partial charge in [-0.05, 0) is 52.8 Å². The monoisotopic (exact) mass is 373 g/mol. The van der Waals surface area contributed by atoms with E-state index in [0.717, 1.165) is 23.2 Å². The fraction of sp³-hybridized carbons (Fsp3) is 0.500. The molecule has 0 unspecified atom stereocenters. The molecule has 27 heavy (non-hydrogen) atoms. The summed E-state index contributed by atoms with van der Waals surface area (Å²) in [4.78, 5) is 13.9. The highest BCUT2D eigenvalue weighted by molar-refractivity contribution is 5.76. The van der Waals surface area contributed by atoms with E-state index in [1.165, 1.54) is 0 Å². The number of hydrogen-bond acceptors (Lipinski definition) is 6. The van der Waals surface area contributed by atoms with Gasteiger partial charge in [-0.15, -0.1) is 0 Å². The number of carbonyl (C=O) groups excluding carboxylic acids is 1. The maximum Gasteiger partial charge on any atom is 0.410 e. The molecule has 0 saturated carbocycles. The summed E-state index contributed by atoms with van der Waals surface area (Å²) in [6, 6.07) is 5.52. The van der Waals surface area contributed by atoms with Crippen LogP contribution in [0.1, 0.15) is 38.6 Å². The van der Waals surface area contributed by atoms with Gasteiger partial charge in [0.25, 0.3) is 0 Å². The smallest absolute Gasteiger partial charge is 0.410 e. The molecule has 1 aliphatic heterocycles. The first-order valence-corrected chi connectivity index (χ1v) is 9.11. The van der Waals surface area contributed by atoms with Crippen LogP contribution < -0.4 is 10.5 Å². The second-order valence-corrected chi connectivity index (χ2v) is 7.91. The van der Waals surface area contributed by atoms with E-state index in [-0.39, 0.29) is 12.2 Å². The molecule has 1 aromatic carbocycles. The van der Waals surface area contributed by atoms with E-state index in [1.54, 1.807) is 11.0 Å². The first kappa shape index (κ1) is 19.1. The number of aromatic nitrogens is 1. The maximum atomic E-state index is 12.3. The number of likely N-dealkylation sites (tertiary alicyclic amines) is 1. The van der Waals surface area contributed by atoms with Gasteiger partial charge in [0.15, 0.2) is 0 Å². The minimum atomic E-state index is -0.510. The molecular formula is C20H27N3O4. The average Bonchev–Trinajstić information content (AvgIpc) is 3.15. The van der Waals surface area contributed by atoms with Crippen LogP contribution in [0.2, 0.25) is 0 Å². The van der Waals surface area contributed by atoms with Crippen molar-refractivity contribution in [3.05, 3.63) is 29.7 Å². The summed E-state index contributed by atoms with van der Waals surface area (Å²) in [5, 5.41) is 4.02. The lowest BCUT2D eigenvalue weighted by Gasteiger charge is -2.24. The highest BCUT2D eigenvalue weighted by Crippen LogP contribution is 2.37. The SMILES string of the molecule is Cc1noc(C)c1-c1cc(N)ccc1O[C@@H]1CCN(C(=O)OC(C)(C)C)C1. The zero-order valence-corrected chi connectivity index (χ0v) is 16.5. The molecule has 7 nitrogen and oxygen atoms in total. The van der Waals surface area contributed by atoms with Crippen molar-refractivity contribution in [2.24, 2.45) is 0 Å². The van der Waals surface area contributed by atoms with Crippen LogP contribution in [0.5, 0.6) is 5.75 Å². The number of nitrogen functional groups attached to an aromatic ring is 1. The van der Waals surface area contributed by atoms with Gasteiger partial charge in [-0.25, -0.2) is 4.79 Å². The Kier molecular flexibility index (Phi) is 5.04. The summed E-state index contributed by atoms with van der Waals surface area (Å²) in [5.41, 5.74) is 8.63. The fourth-order valence-corrected chi connectivity index (χ4v) is 3.21. The van der Waals surface area contributed by atoms with Crippen molar-refractivity contribution in [3.63, 3.8) is 0 Å². The quantitative estimate of drug-likeness (QED) is 0.820. The van der Waals surface area contributed by atoms with Gasteiger partial charge < -0.3 is 24.6 Å². The number of nitrogens with two attached hydrogens (primary N) is 1. The van der Waals surface area contributed by atoms with E-state index in [2.05, 4.69) is 5.16 Å². The van der Waals surface area contributed by atoms with Crippen molar-refractivity contribution >= 4 is 11.8 Å².